The number of carbonyl (C=O) groups is 1. The van der Waals surface area contributed by atoms with E-state index >= 15 is 0 Å². The van der Waals surface area contributed by atoms with Crippen molar-refractivity contribution in [3.8, 4) is 0 Å². The van der Waals surface area contributed by atoms with E-state index in [0.717, 1.165) is 32.1 Å². The van der Waals surface area contributed by atoms with Crippen LogP contribution < -0.4 is 10.6 Å². The lowest BCUT2D eigenvalue weighted by Gasteiger charge is -2.25. The highest BCUT2D eigenvalue weighted by Crippen LogP contribution is 2.20. The van der Waals surface area contributed by atoms with E-state index in [-0.39, 0.29) is 11.9 Å². The van der Waals surface area contributed by atoms with Gasteiger partial charge in [-0.2, -0.15) is 0 Å². The standard InChI is InChI=1S/C17H26N2O/c1-3-6-13(2)19-17(20)12-18-16-10-9-14-7-4-5-8-15(14)11-16/h4-5,7-8,13,16,18H,3,6,9-12H2,1-2H3,(H,19,20). The first-order valence-corrected chi connectivity index (χ1v) is 7.78. The van der Waals surface area contributed by atoms with Crippen molar-refractivity contribution in [2.24, 2.45) is 0 Å². The van der Waals surface area contributed by atoms with Crippen molar-refractivity contribution in [2.75, 3.05) is 6.54 Å². The van der Waals surface area contributed by atoms with E-state index in [4.69, 9.17) is 0 Å². The minimum Gasteiger partial charge on any atom is -0.353 e. The summed E-state index contributed by atoms with van der Waals surface area (Å²) in [5.74, 6) is 0.116. The van der Waals surface area contributed by atoms with Gasteiger partial charge in [-0.1, -0.05) is 37.6 Å². The Kier molecular flexibility index (Phi) is 5.60. The van der Waals surface area contributed by atoms with Crippen molar-refractivity contribution in [3.05, 3.63) is 35.4 Å². The van der Waals surface area contributed by atoms with Crippen molar-refractivity contribution in [1.82, 2.24) is 10.6 Å². The van der Waals surface area contributed by atoms with Crippen LogP contribution in [-0.2, 0) is 17.6 Å². The Morgan fingerprint density at radius 3 is 2.85 bits per heavy atom. The van der Waals surface area contributed by atoms with Crippen molar-refractivity contribution in [2.45, 2.75) is 58.0 Å². The molecule has 110 valence electrons. The van der Waals surface area contributed by atoms with E-state index in [1.807, 2.05) is 0 Å². The topological polar surface area (TPSA) is 41.1 Å². The number of benzene rings is 1. The molecule has 0 saturated carbocycles. The Bertz CT molecular complexity index is 444. The molecule has 0 heterocycles. The average Bonchev–Trinajstić information content (AvgIpc) is 2.45. The summed E-state index contributed by atoms with van der Waals surface area (Å²) in [6.07, 6.45) is 5.42. The zero-order chi connectivity index (χ0) is 14.4. The molecular formula is C17H26N2O. The Morgan fingerprint density at radius 1 is 1.35 bits per heavy atom. The van der Waals surface area contributed by atoms with Crippen LogP contribution in [0.25, 0.3) is 0 Å². The van der Waals surface area contributed by atoms with Gasteiger partial charge in [-0.15, -0.1) is 0 Å². The molecule has 0 aromatic heterocycles. The smallest absolute Gasteiger partial charge is 0.234 e. The van der Waals surface area contributed by atoms with Gasteiger partial charge in [-0.3, -0.25) is 4.79 Å². The number of hydrogen-bond donors (Lipinski definition) is 2. The SMILES string of the molecule is CCCC(C)NC(=O)CNC1CCc2ccccc2C1. The zero-order valence-corrected chi connectivity index (χ0v) is 12.6. The van der Waals surface area contributed by atoms with Crippen LogP contribution in [0.4, 0.5) is 0 Å². The first-order chi connectivity index (χ1) is 9.69. The van der Waals surface area contributed by atoms with Gasteiger partial charge in [0.2, 0.25) is 5.91 Å². The molecule has 1 aliphatic rings. The van der Waals surface area contributed by atoms with Crippen LogP contribution in [0, 0.1) is 0 Å². The molecule has 2 unspecified atom stereocenters. The third-order valence-electron chi connectivity index (χ3n) is 4.03. The second-order valence-electron chi connectivity index (χ2n) is 5.85. The summed E-state index contributed by atoms with van der Waals surface area (Å²) in [7, 11) is 0. The van der Waals surface area contributed by atoms with Crippen LogP contribution >= 0.6 is 0 Å². The number of aryl methyl sites for hydroxylation is 1. The number of nitrogens with one attached hydrogen (secondary N) is 2. The van der Waals surface area contributed by atoms with E-state index in [9.17, 15) is 4.79 Å². The maximum atomic E-state index is 11.8. The molecule has 2 atom stereocenters. The van der Waals surface area contributed by atoms with Gasteiger partial charge >= 0.3 is 0 Å². The predicted octanol–water partition coefficient (Wildman–Crippen LogP) is 2.44. The lowest BCUT2D eigenvalue weighted by molar-refractivity contribution is -0.121. The van der Waals surface area contributed by atoms with Crippen LogP contribution in [0.15, 0.2) is 24.3 Å². The van der Waals surface area contributed by atoms with Gasteiger partial charge in [-0.05, 0) is 43.7 Å². The molecule has 1 amide bonds. The molecule has 0 aliphatic heterocycles. The van der Waals surface area contributed by atoms with Gasteiger partial charge in [0.05, 0.1) is 6.54 Å². The Balaban J connectivity index is 1.74. The summed E-state index contributed by atoms with van der Waals surface area (Å²) in [5, 5.41) is 6.44. The van der Waals surface area contributed by atoms with Crippen molar-refractivity contribution < 1.29 is 4.79 Å². The molecule has 3 nitrogen and oxygen atoms in total. The van der Waals surface area contributed by atoms with Gasteiger partial charge in [0.1, 0.15) is 0 Å². The van der Waals surface area contributed by atoms with Crippen molar-refractivity contribution >= 4 is 5.91 Å². The van der Waals surface area contributed by atoms with Crippen LogP contribution in [0.5, 0.6) is 0 Å². The maximum absolute atomic E-state index is 11.8. The Hall–Kier alpha value is -1.35. The Labute approximate surface area is 122 Å². The number of amides is 1. The summed E-state index contributed by atoms with van der Waals surface area (Å²) in [4.78, 5) is 11.8. The highest BCUT2D eigenvalue weighted by Gasteiger charge is 2.18. The number of fused-ring (bicyclic) bond motifs is 1. The summed E-state index contributed by atoms with van der Waals surface area (Å²) in [6, 6.07) is 9.32. The third-order valence-corrected chi connectivity index (χ3v) is 4.03. The zero-order valence-electron chi connectivity index (χ0n) is 12.6. The first-order valence-electron chi connectivity index (χ1n) is 7.78. The molecule has 0 spiro atoms. The molecule has 20 heavy (non-hydrogen) atoms. The molecule has 0 saturated heterocycles. The normalized spacial score (nSPS) is 19.2. The summed E-state index contributed by atoms with van der Waals surface area (Å²) in [6.45, 7) is 4.64. The Morgan fingerprint density at radius 2 is 2.10 bits per heavy atom. The van der Waals surface area contributed by atoms with E-state index in [0.29, 0.717) is 12.6 Å². The van der Waals surface area contributed by atoms with Crippen molar-refractivity contribution in [1.29, 1.82) is 0 Å². The molecule has 0 radical (unpaired) electrons. The second-order valence-corrected chi connectivity index (χ2v) is 5.85. The minimum absolute atomic E-state index is 0.116. The van der Waals surface area contributed by atoms with Gasteiger partial charge in [0, 0.05) is 12.1 Å². The molecule has 1 aliphatic carbocycles. The van der Waals surface area contributed by atoms with Gasteiger partial charge < -0.3 is 10.6 Å². The highest BCUT2D eigenvalue weighted by atomic mass is 16.1. The summed E-state index contributed by atoms with van der Waals surface area (Å²) >= 11 is 0. The highest BCUT2D eigenvalue weighted by molar-refractivity contribution is 5.78. The van der Waals surface area contributed by atoms with Crippen LogP contribution in [0.2, 0.25) is 0 Å². The molecule has 0 bridgehead atoms. The monoisotopic (exact) mass is 274 g/mol. The minimum atomic E-state index is 0.116. The molecule has 3 heteroatoms. The van der Waals surface area contributed by atoms with E-state index < -0.39 is 0 Å². The summed E-state index contributed by atoms with van der Waals surface area (Å²) in [5.41, 5.74) is 2.89. The van der Waals surface area contributed by atoms with Crippen LogP contribution in [0.1, 0.15) is 44.2 Å². The number of hydrogen-bond acceptors (Lipinski definition) is 2. The van der Waals surface area contributed by atoms with E-state index in [1.54, 1.807) is 0 Å². The van der Waals surface area contributed by atoms with Crippen LogP contribution in [0.3, 0.4) is 0 Å². The third kappa shape index (κ3) is 4.34. The van der Waals surface area contributed by atoms with Gasteiger partial charge in [0.25, 0.3) is 0 Å². The molecule has 1 aromatic rings. The van der Waals surface area contributed by atoms with Crippen molar-refractivity contribution in [3.63, 3.8) is 0 Å². The van der Waals surface area contributed by atoms with Gasteiger partial charge in [0.15, 0.2) is 0 Å². The maximum Gasteiger partial charge on any atom is 0.234 e. The fourth-order valence-corrected chi connectivity index (χ4v) is 2.94. The lowest BCUT2D eigenvalue weighted by Crippen LogP contribution is -2.43. The second kappa shape index (κ2) is 7.44. The molecular weight excluding hydrogens is 248 g/mol. The van der Waals surface area contributed by atoms with Crippen LogP contribution in [-0.4, -0.2) is 24.5 Å². The summed E-state index contributed by atoms with van der Waals surface area (Å²) < 4.78 is 0. The molecule has 1 aromatic carbocycles. The molecule has 2 rings (SSSR count). The largest absolute Gasteiger partial charge is 0.353 e. The molecule has 0 fully saturated rings. The number of rotatable bonds is 6. The van der Waals surface area contributed by atoms with E-state index in [2.05, 4.69) is 48.7 Å². The number of carbonyl (C=O) groups excluding carboxylic acids is 1. The fraction of sp³-hybridized carbons (Fsp3) is 0.588. The van der Waals surface area contributed by atoms with E-state index in [1.165, 1.54) is 11.1 Å². The molecule has 2 N–H and O–H groups in total. The van der Waals surface area contributed by atoms with Gasteiger partial charge in [-0.25, -0.2) is 0 Å². The first kappa shape index (κ1) is 15.0. The lowest BCUT2D eigenvalue weighted by atomic mass is 9.88. The predicted molar refractivity (Wildman–Crippen MR) is 82.8 cm³/mol. The quantitative estimate of drug-likeness (QED) is 0.836. The average molecular weight is 274 g/mol. The fourth-order valence-electron chi connectivity index (χ4n) is 2.94.